The summed E-state index contributed by atoms with van der Waals surface area (Å²) < 4.78 is 0. The van der Waals surface area contributed by atoms with E-state index in [1.54, 1.807) is 11.5 Å². The Morgan fingerprint density at radius 3 is 2.60 bits per heavy atom. The van der Waals surface area contributed by atoms with Crippen LogP contribution in [-0.2, 0) is 0 Å². The first kappa shape index (κ1) is 14.7. The van der Waals surface area contributed by atoms with E-state index >= 15 is 0 Å². The maximum absolute atomic E-state index is 11.9. The lowest BCUT2D eigenvalue weighted by atomic mass is 9.97. The Bertz CT molecular complexity index is 522. The number of rotatable bonds is 5. The van der Waals surface area contributed by atoms with E-state index in [4.69, 9.17) is 5.21 Å². The first-order chi connectivity index (χ1) is 9.70. The third-order valence-electron chi connectivity index (χ3n) is 3.27. The lowest BCUT2D eigenvalue weighted by molar-refractivity contribution is 0.0711. The number of amides is 2. The van der Waals surface area contributed by atoms with Gasteiger partial charge in [0.25, 0.3) is 11.8 Å². The van der Waals surface area contributed by atoms with Crippen molar-refractivity contribution in [1.82, 2.24) is 10.8 Å². The van der Waals surface area contributed by atoms with E-state index in [1.807, 2.05) is 0 Å². The molecule has 0 bridgehead atoms. The monoisotopic (exact) mass is 294 g/mol. The van der Waals surface area contributed by atoms with E-state index in [0.29, 0.717) is 16.3 Å². The predicted octanol–water partition coefficient (Wildman–Crippen LogP) is 2.49. The molecule has 0 fully saturated rings. The molecule has 3 N–H and O–H groups in total. The maximum Gasteiger partial charge on any atom is 0.284 e. The lowest BCUT2D eigenvalue weighted by Gasteiger charge is -2.12. The molecule has 2 amide bonds. The van der Waals surface area contributed by atoms with E-state index < -0.39 is 5.91 Å². The summed E-state index contributed by atoms with van der Waals surface area (Å²) in [7, 11) is 0. The SMILES string of the molecule is O=C(NO)c1ccc(C(=O)NCCC2=CCCCC2)s1. The lowest BCUT2D eigenvalue weighted by Crippen LogP contribution is -2.24. The van der Waals surface area contributed by atoms with Crippen molar-refractivity contribution < 1.29 is 14.8 Å². The maximum atomic E-state index is 11.9. The molecule has 0 aliphatic heterocycles. The van der Waals surface area contributed by atoms with Crippen molar-refractivity contribution >= 4 is 23.2 Å². The van der Waals surface area contributed by atoms with Gasteiger partial charge in [-0.25, -0.2) is 5.48 Å². The average molecular weight is 294 g/mol. The molecule has 6 heteroatoms. The summed E-state index contributed by atoms with van der Waals surface area (Å²) in [6.45, 7) is 0.615. The summed E-state index contributed by atoms with van der Waals surface area (Å²) in [5.41, 5.74) is 2.97. The normalized spacial score (nSPS) is 14.6. The Balaban J connectivity index is 1.81. The smallest absolute Gasteiger partial charge is 0.284 e. The zero-order valence-electron chi connectivity index (χ0n) is 11.1. The summed E-state index contributed by atoms with van der Waals surface area (Å²) in [6.07, 6.45) is 7.94. The molecule has 1 aliphatic carbocycles. The second-order valence-corrected chi connectivity index (χ2v) is 5.80. The van der Waals surface area contributed by atoms with Crippen LogP contribution in [0.25, 0.3) is 0 Å². The molecular formula is C14H18N2O3S. The third kappa shape index (κ3) is 3.91. The molecule has 0 aromatic carbocycles. The molecule has 2 rings (SSSR count). The fourth-order valence-electron chi connectivity index (χ4n) is 2.19. The van der Waals surface area contributed by atoms with Crippen molar-refractivity contribution in [1.29, 1.82) is 0 Å². The molecule has 1 aliphatic rings. The van der Waals surface area contributed by atoms with E-state index in [1.165, 1.54) is 24.5 Å². The van der Waals surface area contributed by atoms with Crippen LogP contribution < -0.4 is 10.8 Å². The van der Waals surface area contributed by atoms with Gasteiger partial charge in [0.05, 0.1) is 9.75 Å². The van der Waals surface area contributed by atoms with Crippen molar-refractivity contribution in [3.63, 3.8) is 0 Å². The van der Waals surface area contributed by atoms with Crippen molar-refractivity contribution in [3.05, 3.63) is 33.5 Å². The molecule has 5 nitrogen and oxygen atoms in total. The standard InChI is InChI=1S/C14H18N2O3S/c17-13(11-6-7-12(20-11)14(18)16-19)15-9-8-10-4-2-1-3-5-10/h4,6-7,19H,1-3,5,8-9H2,(H,15,17)(H,16,18). The van der Waals surface area contributed by atoms with Gasteiger partial charge < -0.3 is 5.32 Å². The molecule has 0 radical (unpaired) electrons. The highest BCUT2D eigenvalue weighted by molar-refractivity contribution is 7.15. The van der Waals surface area contributed by atoms with Gasteiger partial charge in [0.1, 0.15) is 0 Å². The summed E-state index contributed by atoms with van der Waals surface area (Å²) in [5, 5.41) is 11.4. The molecule has 1 heterocycles. The topological polar surface area (TPSA) is 78.4 Å². The molecule has 20 heavy (non-hydrogen) atoms. The number of nitrogens with one attached hydrogen (secondary N) is 2. The molecule has 1 aromatic heterocycles. The van der Waals surface area contributed by atoms with Crippen LogP contribution in [0.15, 0.2) is 23.8 Å². The molecule has 0 atom stereocenters. The van der Waals surface area contributed by atoms with Gasteiger partial charge in [-0.2, -0.15) is 0 Å². The van der Waals surface area contributed by atoms with Crippen molar-refractivity contribution in [2.75, 3.05) is 6.54 Å². The number of hydrogen-bond donors (Lipinski definition) is 3. The number of hydrogen-bond acceptors (Lipinski definition) is 4. The van der Waals surface area contributed by atoms with Crippen LogP contribution in [0.5, 0.6) is 0 Å². The fraction of sp³-hybridized carbons (Fsp3) is 0.429. The van der Waals surface area contributed by atoms with Crippen molar-refractivity contribution in [3.8, 4) is 0 Å². The van der Waals surface area contributed by atoms with Crippen molar-refractivity contribution in [2.45, 2.75) is 32.1 Å². The van der Waals surface area contributed by atoms with Gasteiger partial charge in [-0.15, -0.1) is 11.3 Å². The Hall–Kier alpha value is -1.66. The van der Waals surface area contributed by atoms with Gasteiger partial charge >= 0.3 is 0 Å². The zero-order valence-corrected chi connectivity index (χ0v) is 12.0. The van der Waals surface area contributed by atoms with E-state index in [-0.39, 0.29) is 5.91 Å². The second-order valence-electron chi connectivity index (χ2n) is 4.72. The van der Waals surface area contributed by atoms with Gasteiger partial charge in [-0.1, -0.05) is 11.6 Å². The zero-order chi connectivity index (χ0) is 14.4. The average Bonchev–Trinajstić information content (AvgIpc) is 2.97. The number of carbonyl (C=O) groups excluding carboxylic acids is 2. The molecule has 108 valence electrons. The Morgan fingerprint density at radius 1 is 1.20 bits per heavy atom. The van der Waals surface area contributed by atoms with Gasteiger partial charge in [0, 0.05) is 6.54 Å². The Morgan fingerprint density at radius 2 is 1.95 bits per heavy atom. The fourth-order valence-corrected chi connectivity index (χ4v) is 3.00. The number of allylic oxidation sites excluding steroid dienone is 1. The third-order valence-corrected chi connectivity index (χ3v) is 4.35. The van der Waals surface area contributed by atoms with Gasteiger partial charge in [-0.3, -0.25) is 14.8 Å². The van der Waals surface area contributed by atoms with Crippen LogP contribution in [0.2, 0.25) is 0 Å². The summed E-state index contributed by atoms with van der Waals surface area (Å²) >= 11 is 1.06. The highest BCUT2D eigenvalue weighted by Gasteiger charge is 2.13. The molecule has 0 saturated carbocycles. The number of carbonyl (C=O) groups is 2. The minimum Gasteiger partial charge on any atom is -0.351 e. The molecule has 0 unspecified atom stereocenters. The van der Waals surface area contributed by atoms with Crippen LogP contribution in [0.4, 0.5) is 0 Å². The van der Waals surface area contributed by atoms with Gasteiger partial charge in [0.2, 0.25) is 0 Å². The number of thiophene rings is 1. The molecule has 1 aromatic rings. The van der Waals surface area contributed by atoms with Crippen LogP contribution in [0.1, 0.15) is 51.4 Å². The minimum atomic E-state index is -0.596. The Labute approximate surface area is 121 Å². The first-order valence-corrected chi connectivity index (χ1v) is 7.52. The largest absolute Gasteiger partial charge is 0.351 e. The highest BCUT2D eigenvalue weighted by Crippen LogP contribution is 2.20. The molecular weight excluding hydrogens is 276 g/mol. The van der Waals surface area contributed by atoms with Crippen LogP contribution in [0.3, 0.4) is 0 Å². The Kier molecular flexibility index (Phi) is 5.31. The quantitative estimate of drug-likeness (QED) is 0.443. The molecule has 0 spiro atoms. The summed E-state index contributed by atoms with van der Waals surface area (Å²) in [4.78, 5) is 23.9. The van der Waals surface area contributed by atoms with Crippen LogP contribution in [-0.4, -0.2) is 23.6 Å². The van der Waals surface area contributed by atoms with Gasteiger partial charge in [0.15, 0.2) is 0 Å². The molecule has 0 saturated heterocycles. The predicted molar refractivity (Wildman–Crippen MR) is 77.1 cm³/mol. The summed E-state index contributed by atoms with van der Waals surface area (Å²) in [5.74, 6) is -0.773. The van der Waals surface area contributed by atoms with Crippen LogP contribution >= 0.6 is 11.3 Å². The summed E-state index contributed by atoms with van der Waals surface area (Å²) in [6, 6.07) is 3.11. The second kappa shape index (κ2) is 7.21. The highest BCUT2D eigenvalue weighted by atomic mass is 32.1. The van der Waals surface area contributed by atoms with Gasteiger partial charge in [-0.05, 0) is 44.2 Å². The number of hydroxylamine groups is 1. The first-order valence-electron chi connectivity index (χ1n) is 6.71. The van der Waals surface area contributed by atoms with Crippen molar-refractivity contribution in [2.24, 2.45) is 0 Å². The minimum absolute atomic E-state index is 0.177. The van der Waals surface area contributed by atoms with E-state index in [9.17, 15) is 9.59 Å². The van der Waals surface area contributed by atoms with E-state index in [2.05, 4.69) is 11.4 Å². The van der Waals surface area contributed by atoms with E-state index in [0.717, 1.165) is 30.6 Å². The van der Waals surface area contributed by atoms with Crippen LogP contribution in [0, 0.1) is 0 Å².